The summed E-state index contributed by atoms with van der Waals surface area (Å²) >= 11 is 3.57. The van der Waals surface area contributed by atoms with Crippen molar-refractivity contribution in [2.75, 3.05) is 0 Å². The summed E-state index contributed by atoms with van der Waals surface area (Å²) in [4.78, 5) is 0. The molecule has 0 saturated carbocycles. The van der Waals surface area contributed by atoms with Gasteiger partial charge in [0.05, 0.1) is 0 Å². The minimum Gasteiger partial charge on any atom is -0.0744 e. The molecule has 0 atom stereocenters. The molecule has 0 aromatic rings. The van der Waals surface area contributed by atoms with Crippen LogP contribution in [0.25, 0.3) is 0 Å². The summed E-state index contributed by atoms with van der Waals surface area (Å²) < 4.78 is 1.40. The molecule has 0 fully saturated rings. The van der Waals surface area contributed by atoms with Crippen LogP contribution in [-0.2, 0) is 0 Å². The Morgan fingerprint density at radius 2 is 1.91 bits per heavy atom. The van der Waals surface area contributed by atoms with Crippen molar-refractivity contribution in [3.05, 3.63) is 10.6 Å². The minimum absolute atomic E-state index is 1.21. The van der Waals surface area contributed by atoms with Gasteiger partial charge in [0.15, 0.2) is 0 Å². The van der Waals surface area contributed by atoms with Gasteiger partial charge in [-0.3, -0.25) is 0 Å². The molecule has 1 heteroatoms. The van der Waals surface area contributed by atoms with E-state index < -0.39 is 0 Å². The van der Waals surface area contributed by atoms with E-state index in [2.05, 4.69) is 35.9 Å². The molecule has 66 valence electrons. The molecule has 0 nitrogen and oxygen atoms in total. The van der Waals surface area contributed by atoms with Crippen LogP contribution >= 0.6 is 15.9 Å². The Kier molecular flexibility index (Phi) is 8.48. The molecule has 0 aromatic heterocycles. The highest BCUT2D eigenvalue weighted by molar-refractivity contribution is 9.11. The van der Waals surface area contributed by atoms with Crippen molar-refractivity contribution in [3.8, 4) is 0 Å². The average molecular weight is 219 g/mol. The minimum atomic E-state index is 1.21. The first-order valence-corrected chi connectivity index (χ1v) is 5.45. The van der Waals surface area contributed by atoms with E-state index in [1.165, 1.54) is 43.0 Å². The van der Waals surface area contributed by atoms with Gasteiger partial charge in [-0.25, -0.2) is 0 Å². The van der Waals surface area contributed by atoms with Gasteiger partial charge < -0.3 is 0 Å². The third kappa shape index (κ3) is 8.12. The average Bonchev–Trinajstić information content (AvgIpc) is 2.01. The Bertz CT molecular complexity index is 105. The first-order chi connectivity index (χ1) is 5.31. The lowest BCUT2D eigenvalue weighted by Crippen LogP contribution is -1.76. The second-order valence-corrected chi connectivity index (χ2v) is 3.92. The summed E-state index contributed by atoms with van der Waals surface area (Å²) in [6.45, 7) is 4.45. The summed E-state index contributed by atoms with van der Waals surface area (Å²) in [5.74, 6) is 0. The molecule has 0 radical (unpaired) electrons. The zero-order valence-electron chi connectivity index (χ0n) is 7.70. The van der Waals surface area contributed by atoms with Crippen molar-refractivity contribution in [2.24, 2.45) is 0 Å². The molecular weight excluding hydrogens is 200 g/mol. The predicted molar refractivity (Wildman–Crippen MR) is 56.1 cm³/mol. The summed E-state index contributed by atoms with van der Waals surface area (Å²) in [7, 11) is 0. The molecule has 0 bridgehead atoms. The largest absolute Gasteiger partial charge is 0.0744 e. The van der Waals surface area contributed by atoms with Gasteiger partial charge in [-0.2, -0.15) is 0 Å². The van der Waals surface area contributed by atoms with Crippen molar-refractivity contribution in [1.82, 2.24) is 0 Å². The molecule has 11 heavy (non-hydrogen) atoms. The van der Waals surface area contributed by atoms with Gasteiger partial charge in [0.1, 0.15) is 0 Å². The Morgan fingerprint density at radius 1 is 1.18 bits per heavy atom. The molecular formula is C10H19Br. The normalized spacial score (nSPS) is 12.1. The van der Waals surface area contributed by atoms with Gasteiger partial charge in [-0.1, -0.05) is 55.1 Å². The standard InChI is InChI=1S/C10H19Br/c1-3-5-7-9-10(11)8-6-4-2/h8H,3-7,9H2,1-2H3/b10-8-. The van der Waals surface area contributed by atoms with Crippen molar-refractivity contribution in [3.63, 3.8) is 0 Å². The lowest BCUT2D eigenvalue weighted by atomic mass is 10.2. The lowest BCUT2D eigenvalue weighted by Gasteiger charge is -1.97. The number of hydrogen-bond acceptors (Lipinski definition) is 0. The van der Waals surface area contributed by atoms with Crippen LogP contribution in [0.15, 0.2) is 10.6 Å². The molecule has 0 saturated heterocycles. The van der Waals surface area contributed by atoms with Crippen LogP contribution in [0.2, 0.25) is 0 Å². The van der Waals surface area contributed by atoms with Gasteiger partial charge in [0.25, 0.3) is 0 Å². The summed E-state index contributed by atoms with van der Waals surface area (Å²) in [6, 6.07) is 0. The van der Waals surface area contributed by atoms with Crippen molar-refractivity contribution >= 4 is 15.9 Å². The monoisotopic (exact) mass is 218 g/mol. The first kappa shape index (κ1) is 11.2. The zero-order chi connectivity index (χ0) is 8.53. The number of halogens is 1. The molecule has 0 aliphatic rings. The smallest absolute Gasteiger partial charge is 0.00892 e. The third-order valence-electron chi connectivity index (χ3n) is 1.67. The second kappa shape index (κ2) is 8.32. The first-order valence-electron chi connectivity index (χ1n) is 4.65. The maximum atomic E-state index is 3.57. The second-order valence-electron chi connectivity index (χ2n) is 2.90. The molecule has 0 spiro atoms. The van der Waals surface area contributed by atoms with E-state index >= 15 is 0 Å². The summed E-state index contributed by atoms with van der Waals surface area (Å²) in [5, 5.41) is 0. The summed E-state index contributed by atoms with van der Waals surface area (Å²) in [6.07, 6.45) is 10.00. The van der Waals surface area contributed by atoms with Gasteiger partial charge >= 0.3 is 0 Å². The van der Waals surface area contributed by atoms with Gasteiger partial charge in [0, 0.05) is 0 Å². The van der Waals surface area contributed by atoms with Crippen LogP contribution in [0.3, 0.4) is 0 Å². The number of rotatable bonds is 6. The van der Waals surface area contributed by atoms with Gasteiger partial charge in [-0.05, 0) is 23.7 Å². The Balaban J connectivity index is 3.27. The molecule has 0 aliphatic heterocycles. The fourth-order valence-electron chi connectivity index (χ4n) is 0.947. The maximum Gasteiger partial charge on any atom is -0.00892 e. The fourth-order valence-corrected chi connectivity index (χ4v) is 1.46. The maximum absolute atomic E-state index is 3.57. The van der Waals surface area contributed by atoms with Crippen LogP contribution in [-0.4, -0.2) is 0 Å². The Labute approximate surface area is 79.2 Å². The SMILES string of the molecule is CCC/C=C(\Br)CCCCC. The topological polar surface area (TPSA) is 0 Å². The van der Waals surface area contributed by atoms with E-state index in [9.17, 15) is 0 Å². The van der Waals surface area contributed by atoms with Crippen molar-refractivity contribution in [1.29, 1.82) is 0 Å². The van der Waals surface area contributed by atoms with Crippen LogP contribution in [0, 0.1) is 0 Å². The molecule has 0 N–H and O–H groups in total. The molecule has 0 rings (SSSR count). The van der Waals surface area contributed by atoms with Crippen LogP contribution in [0.5, 0.6) is 0 Å². The van der Waals surface area contributed by atoms with Crippen LogP contribution < -0.4 is 0 Å². The molecule has 0 aliphatic carbocycles. The summed E-state index contributed by atoms with van der Waals surface area (Å²) in [5.41, 5.74) is 0. The molecule has 0 heterocycles. The van der Waals surface area contributed by atoms with E-state index in [1.54, 1.807) is 0 Å². The Morgan fingerprint density at radius 3 is 2.45 bits per heavy atom. The Hall–Kier alpha value is 0.220. The molecule has 0 unspecified atom stereocenters. The van der Waals surface area contributed by atoms with E-state index in [1.807, 2.05) is 0 Å². The third-order valence-corrected chi connectivity index (χ3v) is 2.39. The zero-order valence-corrected chi connectivity index (χ0v) is 9.28. The predicted octanol–water partition coefficient (Wildman–Crippen LogP) is 4.65. The van der Waals surface area contributed by atoms with Crippen molar-refractivity contribution < 1.29 is 0 Å². The highest BCUT2D eigenvalue weighted by atomic mass is 79.9. The van der Waals surface area contributed by atoms with Crippen molar-refractivity contribution in [2.45, 2.75) is 52.4 Å². The van der Waals surface area contributed by atoms with E-state index in [0.717, 1.165) is 0 Å². The van der Waals surface area contributed by atoms with E-state index in [-0.39, 0.29) is 0 Å². The molecule has 0 aromatic carbocycles. The fraction of sp³-hybridized carbons (Fsp3) is 0.800. The number of allylic oxidation sites excluding steroid dienone is 2. The lowest BCUT2D eigenvalue weighted by molar-refractivity contribution is 0.724. The van der Waals surface area contributed by atoms with Crippen LogP contribution in [0.4, 0.5) is 0 Å². The highest BCUT2D eigenvalue weighted by Gasteiger charge is 1.90. The van der Waals surface area contributed by atoms with Gasteiger partial charge in [-0.15, -0.1) is 0 Å². The quantitative estimate of drug-likeness (QED) is 0.570. The highest BCUT2D eigenvalue weighted by Crippen LogP contribution is 2.15. The number of unbranched alkanes of at least 4 members (excludes halogenated alkanes) is 3. The van der Waals surface area contributed by atoms with E-state index in [0.29, 0.717) is 0 Å². The molecule has 0 amide bonds. The van der Waals surface area contributed by atoms with E-state index in [4.69, 9.17) is 0 Å². The number of hydrogen-bond donors (Lipinski definition) is 0. The van der Waals surface area contributed by atoms with Crippen LogP contribution in [0.1, 0.15) is 52.4 Å². The van der Waals surface area contributed by atoms with Gasteiger partial charge in [0.2, 0.25) is 0 Å².